The lowest BCUT2D eigenvalue weighted by molar-refractivity contribution is 0.0891. The molecule has 0 bridgehead atoms. The molecule has 0 aromatic heterocycles. The molecule has 114 valence electrons. The molecule has 0 unspecified atom stereocenters. The van der Waals surface area contributed by atoms with E-state index in [1.165, 1.54) is 7.11 Å². The maximum Gasteiger partial charge on any atom is 0.409 e. The fourth-order valence-electron chi connectivity index (χ4n) is 2.67. The summed E-state index contributed by atoms with van der Waals surface area (Å²) in [6, 6.07) is 5.93. The van der Waals surface area contributed by atoms with Crippen LogP contribution in [-0.4, -0.2) is 43.1 Å². The Kier molecular flexibility index (Phi) is 4.83. The Morgan fingerprint density at radius 3 is 2.48 bits per heavy atom. The first kappa shape index (κ1) is 15.4. The molecule has 1 aromatic carbocycles. The number of nitrogens with zero attached hydrogens (tertiary/aromatic N) is 1. The number of ether oxygens (including phenoxy) is 1. The Balaban J connectivity index is 1.91. The number of rotatable bonds is 2. The molecule has 2 rings (SSSR count). The van der Waals surface area contributed by atoms with Crippen molar-refractivity contribution in [1.29, 1.82) is 0 Å². The molecule has 0 aliphatic carbocycles. The second-order valence-electron chi connectivity index (χ2n) is 5.52. The number of hydrogen-bond acceptors (Lipinski definition) is 3. The molecule has 0 atom stereocenters. The van der Waals surface area contributed by atoms with Crippen LogP contribution >= 0.6 is 0 Å². The van der Waals surface area contributed by atoms with Crippen molar-refractivity contribution in [3.63, 3.8) is 0 Å². The van der Waals surface area contributed by atoms with Crippen molar-refractivity contribution in [3.05, 3.63) is 34.9 Å². The Morgan fingerprint density at radius 1 is 1.24 bits per heavy atom. The minimum Gasteiger partial charge on any atom is -0.453 e. The van der Waals surface area contributed by atoms with Crippen LogP contribution in [0.3, 0.4) is 0 Å². The lowest BCUT2D eigenvalue weighted by atomic mass is 10.0. The van der Waals surface area contributed by atoms with E-state index < -0.39 is 0 Å². The summed E-state index contributed by atoms with van der Waals surface area (Å²) in [5, 5.41) is 3.06. The highest BCUT2D eigenvalue weighted by Gasteiger charge is 2.24. The van der Waals surface area contributed by atoms with Crippen LogP contribution in [0.4, 0.5) is 4.79 Å². The van der Waals surface area contributed by atoms with Crippen molar-refractivity contribution < 1.29 is 14.3 Å². The summed E-state index contributed by atoms with van der Waals surface area (Å²) in [5.41, 5.74) is 2.85. The highest BCUT2D eigenvalue weighted by atomic mass is 16.5. The molecule has 1 saturated heterocycles. The summed E-state index contributed by atoms with van der Waals surface area (Å²) in [6.45, 7) is 5.19. The van der Waals surface area contributed by atoms with Crippen molar-refractivity contribution >= 4 is 12.0 Å². The van der Waals surface area contributed by atoms with Crippen LogP contribution in [0.5, 0.6) is 0 Å². The lowest BCUT2D eigenvalue weighted by Gasteiger charge is -2.31. The van der Waals surface area contributed by atoms with Gasteiger partial charge in [-0.3, -0.25) is 4.79 Å². The van der Waals surface area contributed by atoms with Gasteiger partial charge in [-0.1, -0.05) is 17.7 Å². The SMILES string of the molecule is COC(=O)N1CCC(NC(=O)c2ccc(C)cc2C)CC1. The van der Waals surface area contributed by atoms with Gasteiger partial charge in [0.1, 0.15) is 0 Å². The maximum absolute atomic E-state index is 12.3. The first-order chi connectivity index (χ1) is 10.0. The average Bonchev–Trinajstić information content (AvgIpc) is 2.47. The van der Waals surface area contributed by atoms with E-state index >= 15 is 0 Å². The van der Waals surface area contributed by atoms with E-state index in [9.17, 15) is 9.59 Å². The Bertz CT molecular complexity index is 534. The zero-order valence-electron chi connectivity index (χ0n) is 12.8. The lowest BCUT2D eigenvalue weighted by Crippen LogP contribution is -2.46. The average molecular weight is 290 g/mol. The molecule has 5 heteroatoms. The smallest absolute Gasteiger partial charge is 0.409 e. The Labute approximate surface area is 125 Å². The van der Waals surface area contributed by atoms with Crippen molar-refractivity contribution in [2.24, 2.45) is 0 Å². The predicted octanol–water partition coefficient (Wildman–Crippen LogP) is 2.26. The largest absolute Gasteiger partial charge is 0.453 e. The van der Waals surface area contributed by atoms with Gasteiger partial charge in [0.25, 0.3) is 5.91 Å². The van der Waals surface area contributed by atoms with Gasteiger partial charge in [-0.15, -0.1) is 0 Å². The monoisotopic (exact) mass is 290 g/mol. The van der Waals surface area contributed by atoms with Gasteiger partial charge in [0.15, 0.2) is 0 Å². The normalized spacial score (nSPS) is 15.7. The van der Waals surface area contributed by atoms with Gasteiger partial charge in [0.05, 0.1) is 7.11 Å². The van der Waals surface area contributed by atoms with Crippen LogP contribution in [0.1, 0.15) is 34.3 Å². The second-order valence-corrected chi connectivity index (χ2v) is 5.52. The first-order valence-electron chi connectivity index (χ1n) is 7.22. The summed E-state index contributed by atoms with van der Waals surface area (Å²) in [6.07, 6.45) is 1.21. The minimum atomic E-state index is -0.297. The van der Waals surface area contributed by atoms with Crippen LogP contribution in [0.25, 0.3) is 0 Å². The third kappa shape index (κ3) is 3.74. The van der Waals surface area contributed by atoms with Gasteiger partial charge in [-0.2, -0.15) is 0 Å². The second kappa shape index (κ2) is 6.61. The van der Waals surface area contributed by atoms with Crippen LogP contribution in [-0.2, 0) is 4.74 Å². The van der Waals surface area contributed by atoms with Crippen molar-refractivity contribution in [3.8, 4) is 0 Å². The number of piperidine rings is 1. The van der Waals surface area contributed by atoms with Crippen molar-refractivity contribution in [1.82, 2.24) is 10.2 Å². The molecular formula is C16H22N2O3. The summed E-state index contributed by atoms with van der Waals surface area (Å²) in [4.78, 5) is 25.4. The van der Waals surface area contributed by atoms with Crippen molar-refractivity contribution in [2.75, 3.05) is 20.2 Å². The highest BCUT2D eigenvalue weighted by molar-refractivity contribution is 5.95. The molecule has 1 aliphatic rings. The van der Waals surface area contributed by atoms with Gasteiger partial charge >= 0.3 is 6.09 Å². The van der Waals surface area contributed by atoms with Gasteiger partial charge in [-0.05, 0) is 38.3 Å². The Morgan fingerprint density at radius 2 is 1.90 bits per heavy atom. The summed E-state index contributed by atoms with van der Waals surface area (Å²) >= 11 is 0. The number of benzene rings is 1. The zero-order chi connectivity index (χ0) is 15.4. The topological polar surface area (TPSA) is 58.6 Å². The molecule has 1 aromatic rings. The van der Waals surface area contributed by atoms with E-state index in [1.54, 1.807) is 4.90 Å². The van der Waals surface area contributed by atoms with E-state index in [2.05, 4.69) is 5.32 Å². The molecule has 1 aliphatic heterocycles. The van der Waals surface area contributed by atoms with Crippen molar-refractivity contribution in [2.45, 2.75) is 32.7 Å². The quantitative estimate of drug-likeness (QED) is 0.909. The molecule has 0 saturated carbocycles. The van der Waals surface area contributed by atoms with E-state index in [0.717, 1.165) is 29.5 Å². The third-order valence-electron chi connectivity index (χ3n) is 3.89. The number of carbonyl (C=O) groups is 2. The van der Waals surface area contributed by atoms with Gasteiger partial charge < -0.3 is 15.0 Å². The minimum absolute atomic E-state index is 0.0379. The highest BCUT2D eigenvalue weighted by Crippen LogP contribution is 2.14. The van der Waals surface area contributed by atoms with Gasteiger partial charge in [0, 0.05) is 24.7 Å². The molecule has 1 heterocycles. The van der Waals surface area contributed by atoms with Gasteiger partial charge in [-0.25, -0.2) is 4.79 Å². The van der Waals surface area contributed by atoms with E-state index in [1.807, 2.05) is 32.0 Å². The fourth-order valence-corrected chi connectivity index (χ4v) is 2.67. The summed E-state index contributed by atoms with van der Waals surface area (Å²) in [5.74, 6) is -0.0379. The zero-order valence-corrected chi connectivity index (χ0v) is 12.8. The van der Waals surface area contributed by atoms with E-state index in [4.69, 9.17) is 4.74 Å². The molecule has 21 heavy (non-hydrogen) atoms. The number of hydrogen-bond donors (Lipinski definition) is 1. The first-order valence-corrected chi connectivity index (χ1v) is 7.22. The van der Waals surface area contributed by atoms with E-state index in [0.29, 0.717) is 13.1 Å². The number of methoxy groups -OCH3 is 1. The van der Waals surface area contributed by atoms with Crippen LogP contribution in [0, 0.1) is 13.8 Å². The van der Waals surface area contributed by atoms with Crippen LogP contribution < -0.4 is 5.32 Å². The molecule has 2 amide bonds. The molecule has 1 N–H and O–H groups in total. The van der Waals surface area contributed by atoms with Crippen LogP contribution in [0.2, 0.25) is 0 Å². The number of likely N-dealkylation sites (tertiary alicyclic amines) is 1. The van der Waals surface area contributed by atoms with E-state index in [-0.39, 0.29) is 18.0 Å². The number of amides is 2. The fraction of sp³-hybridized carbons (Fsp3) is 0.500. The molecule has 1 fully saturated rings. The number of aryl methyl sites for hydroxylation is 2. The third-order valence-corrected chi connectivity index (χ3v) is 3.89. The van der Waals surface area contributed by atoms with Gasteiger partial charge in [0.2, 0.25) is 0 Å². The molecule has 0 radical (unpaired) electrons. The molecule has 5 nitrogen and oxygen atoms in total. The maximum atomic E-state index is 12.3. The molecular weight excluding hydrogens is 268 g/mol. The predicted molar refractivity (Wildman–Crippen MR) is 80.4 cm³/mol. The molecule has 0 spiro atoms. The standard InChI is InChI=1S/C16H22N2O3/c1-11-4-5-14(12(2)10-11)15(19)17-13-6-8-18(9-7-13)16(20)21-3/h4-5,10,13H,6-9H2,1-3H3,(H,17,19). The number of carbonyl (C=O) groups excluding carboxylic acids is 2. The Hall–Kier alpha value is -2.04. The summed E-state index contributed by atoms with van der Waals surface area (Å²) < 4.78 is 4.70. The number of nitrogens with one attached hydrogen (secondary N) is 1. The van der Waals surface area contributed by atoms with Crippen LogP contribution in [0.15, 0.2) is 18.2 Å². The summed E-state index contributed by atoms with van der Waals surface area (Å²) in [7, 11) is 1.39.